The molecule has 4 heteroatoms. The first-order valence-corrected chi connectivity index (χ1v) is 5.23. The van der Waals surface area contributed by atoms with E-state index < -0.39 is 5.97 Å². The monoisotopic (exact) mass is 197 g/mol. The van der Waals surface area contributed by atoms with E-state index in [0.717, 1.165) is 17.8 Å². The Morgan fingerprint density at radius 3 is 3.00 bits per heavy atom. The fraction of sp³-hybridized carbons (Fsp3) is 0.444. The number of thiophene rings is 1. The van der Waals surface area contributed by atoms with Gasteiger partial charge in [-0.1, -0.05) is 0 Å². The summed E-state index contributed by atoms with van der Waals surface area (Å²) in [5, 5.41) is 12.8. The number of hydrogen-bond donors (Lipinski definition) is 1. The molecule has 1 aliphatic rings. The Balaban J connectivity index is 2.16. The molecule has 1 aliphatic heterocycles. The number of nitrogens with two attached hydrogens (primary N) is 1. The van der Waals surface area contributed by atoms with Crippen molar-refractivity contribution in [3.8, 4) is 0 Å². The highest BCUT2D eigenvalue weighted by Crippen LogP contribution is 2.25. The lowest BCUT2D eigenvalue weighted by atomic mass is 10.2. The van der Waals surface area contributed by atoms with Gasteiger partial charge in [0.05, 0.1) is 22.3 Å². The average molecular weight is 197 g/mol. The van der Waals surface area contributed by atoms with Crippen molar-refractivity contribution < 1.29 is 15.2 Å². The van der Waals surface area contributed by atoms with E-state index in [9.17, 15) is 9.90 Å². The number of carboxylic acid groups (broad SMARTS) is 1. The van der Waals surface area contributed by atoms with Crippen LogP contribution in [0, 0.1) is 0 Å². The summed E-state index contributed by atoms with van der Waals surface area (Å²) in [6, 6.07) is 4.03. The van der Waals surface area contributed by atoms with Crippen LogP contribution in [0.2, 0.25) is 0 Å². The molecule has 0 spiro atoms. The topological polar surface area (TPSA) is 56.7 Å². The van der Waals surface area contributed by atoms with Crippen LogP contribution in [-0.2, 0) is 0 Å². The second-order valence-electron chi connectivity index (χ2n) is 3.26. The Morgan fingerprint density at radius 2 is 2.46 bits per heavy atom. The van der Waals surface area contributed by atoms with Gasteiger partial charge in [0.2, 0.25) is 0 Å². The lowest BCUT2D eigenvalue weighted by Crippen LogP contribution is -2.81. The second kappa shape index (κ2) is 3.47. The molecule has 0 aliphatic carbocycles. The lowest BCUT2D eigenvalue weighted by Gasteiger charge is -2.02. The van der Waals surface area contributed by atoms with Gasteiger partial charge in [0, 0.05) is 12.8 Å². The van der Waals surface area contributed by atoms with Gasteiger partial charge in [0.15, 0.2) is 0 Å². The van der Waals surface area contributed by atoms with Gasteiger partial charge >= 0.3 is 0 Å². The van der Waals surface area contributed by atoms with E-state index in [0.29, 0.717) is 10.9 Å². The molecule has 1 aromatic rings. The largest absolute Gasteiger partial charge is 0.544 e. The van der Waals surface area contributed by atoms with E-state index in [4.69, 9.17) is 0 Å². The van der Waals surface area contributed by atoms with Crippen LogP contribution in [0.1, 0.15) is 33.4 Å². The van der Waals surface area contributed by atoms with Gasteiger partial charge in [-0.05, 0) is 12.1 Å². The first-order valence-electron chi connectivity index (χ1n) is 4.42. The molecule has 1 atom stereocenters. The van der Waals surface area contributed by atoms with Gasteiger partial charge in [-0.25, -0.2) is 0 Å². The third kappa shape index (κ3) is 1.73. The summed E-state index contributed by atoms with van der Waals surface area (Å²) in [4.78, 5) is 12.0. The van der Waals surface area contributed by atoms with Crippen LogP contribution in [0.25, 0.3) is 0 Å². The molecule has 0 amide bonds. The van der Waals surface area contributed by atoms with Crippen molar-refractivity contribution >= 4 is 17.3 Å². The van der Waals surface area contributed by atoms with Crippen molar-refractivity contribution in [2.75, 3.05) is 6.54 Å². The molecule has 3 nitrogen and oxygen atoms in total. The number of carboxylic acids is 1. The molecule has 0 saturated carbocycles. The van der Waals surface area contributed by atoms with E-state index in [2.05, 4.69) is 5.32 Å². The Morgan fingerprint density at radius 1 is 1.62 bits per heavy atom. The van der Waals surface area contributed by atoms with Crippen LogP contribution in [0.3, 0.4) is 0 Å². The van der Waals surface area contributed by atoms with E-state index >= 15 is 0 Å². The molecule has 2 heterocycles. The van der Waals surface area contributed by atoms with E-state index in [1.807, 2.05) is 6.07 Å². The minimum atomic E-state index is -1.06. The lowest BCUT2D eigenvalue weighted by molar-refractivity contribution is -0.675. The maximum atomic E-state index is 10.5. The molecule has 1 fully saturated rings. The molecular weight excluding hydrogens is 186 g/mol. The van der Waals surface area contributed by atoms with E-state index in [1.165, 1.54) is 17.8 Å². The first kappa shape index (κ1) is 8.72. The predicted molar refractivity (Wildman–Crippen MR) is 47.4 cm³/mol. The van der Waals surface area contributed by atoms with Gasteiger partial charge in [0.1, 0.15) is 6.04 Å². The quantitative estimate of drug-likeness (QED) is 0.695. The number of rotatable bonds is 2. The highest BCUT2D eigenvalue weighted by molar-refractivity contribution is 7.13. The zero-order chi connectivity index (χ0) is 9.26. The third-order valence-electron chi connectivity index (χ3n) is 2.36. The fourth-order valence-electron chi connectivity index (χ4n) is 1.69. The molecule has 0 unspecified atom stereocenters. The summed E-state index contributed by atoms with van der Waals surface area (Å²) in [7, 11) is 0. The number of quaternary nitrogens is 1. The number of aromatic carboxylic acids is 1. The van der Waals surface area contributed by atoms with Crippen molar-refractivity contribution in [1.29, 1.82) is 0 Å². The van der Waals surface area contributed by atoms with Crippen molar-refractivity contribution in [2.45, 2.75) is 18.9 Å². The fourth-order valence-corrected chi connectivity index (χ4v) is 2.67. The summed E-state index contributed by atoms with van der Waals surface area (Å²) in [6.07, 6.45) is 2.39. The molecule has 0 aromatic carbocycles. The Bertz CT molecular complexity index is 315. The van der Waals surface area contributed by atoms with Crippen molar-refractivity contribution in [2.24, 2.45) is 0 Å². The molecule has 0 radical (unpaired) electrons. The van der Waals surface area contributed by atoms with Crippen LogP contribution in [0.15, 0.2) is 12.1 Å². The van der Waals surface area contributed by atoms with Gasteiger partial charge in [-0.2, -0.15) is 0 Å². The second-order valence-corrected chi connectivity index (χ2v) is 4.38. The number of carbonyl (C=O) groups is 1. The highest BCUT2D eigenvalue weighted by atomic mass is 32.1. The van der Waals surface area contributed by atoms with Crippen LogP contribution in [0.5, 0.6) is 0 Å². The zero-order valence-electron chi connectivity index (χ0n) is 7.16. The maximum Gasteiger partial charge on any atom is 0.121 e. The van der Waals surface area contributed by atoms with Crippen LogP contribution in [0.4, 0.5) is 0 Å². The summed E-state index contributed by atoms with van der Waals surface area (Å²) in [5.74, 6) is -1.06. The average Bonchev–Trinajstić information content (AvgIpc) is 2.75. The van der Waals surface area contributed by atoms with Crippen molar-refractivity contribution in [3.63, 3.8) is 0 Å². The Kier molecular flexibility index (Phi) is 2.33. The van der Waals surface area contributed by atoms with E-state index in [-0.39, 0.29) is 0 Å². The van der Waals surface area contributed by atoms with Gasteiger partial charge in [-0.15, -0.1) is 11.3 Å². The summed E-state index contributed by atoms with van der Waals surface area (Å²) in [6.45, 7) is 1.16. The first-order chi connectivity index (χ1) is 6.27. The maximum absolute atomic E-state index is 10.5. The molecule has 1 aromatic heterocycles. The summed E-state index contributed by atoms with van der Waals surface area (Å²) >= 11 is 1.34. The van der Waals surface area contributed by atoms with E-state index in [1.54, 1.807) is 6.07 Å². The molecular formula is C9H11NO2S. The molecule has 2 N–H and O–H groups in total. The van der Waals surface area contributed by atoms with Crippen LogP contribution < -0.4 is 10.4 Å². The predicted octanol–water partition coefficient (Wildman–Crippen LogP) is -0.490. The number of hydrogen-bond acceptors (Lipinski definition) is 3. The molecule has 2 rings (SSSR count). The van der Waals surface area contributed by atoms with Crippen molar-refractivity contribution in [3.05, 3.63) is 21.9 Å². The number of carbonyl (C=O) groups excluding carboxylic acids is 1. The summed E-state index contributed by atoms with van der Waals surface area (Å²) < 4.78 is 0. The van der Waals surface area contributed by atoms with Gasteiger partial charge in [-0.3, -0.25) is 0 Å². The smallest absolute Gasteiger partial charge is 0.121 e. The van der Waals surface area contributed by atoms with Crippen LogP contribution >= 0.6 is 11.3 Å². The SMILES string of the molecule is O=C([O-])c1ccc([C@H]2CCC[NH2+]2)s1. The van der Waals surface area contributed by atoms with Crippen LogP contribution in [-0.4, -0.2) is 12.5 Å². The van der Waals surface area contributed by atoms with Gasteiger partial charge < -0.3 is 15.2 Å². The third-order valence-corrected chi connectivity index (χ3v) is 3.56. The normalized spacial score (nSPS) is 22.0. The van der Waals surface area contributed by atoms with Crippen molar-refractivity contribution in [1.82, 2.24) is 0 Å². The summed E-state index contributed by atoms with van der Waals surface area (Å²) in [5.41, 5.74) is 0. The molecule has 13 heavy (non-hydrogen) atoms. The highest BCUT2D eigenvalue weighted by Gasteiger charge is 2.21. The zero-order valence-corrected chi connectivity index (χ0v) is 7.97. The molecule has 1 saturated heterocycles. The minimum absolute atomic E-state index is 0.343. The standard InChI is InChI=1S/C9H11NO2S/c11-9(12)8-4-3-7(13-8)6-2-1-5-10-6/h3-4,6,10H,1-2,5H2,(H,11,12)/t6-/m1/s1. The molecule has 70 valence electrons. The minimum Gasteiger partial charge on any atom is -0.544 e. The molecule has 0 bridgehead atoms. The Labute approximate surface area is 80.4 Å². The van der Waals surface area contributed by atoms with Gasteiger partial charge in [0.25, 0.3) is 0 Å². The Hall–Kier alpha value is -0.870.